The van der Waals surface area contributed by atoms with Crippen LogP contribution >= 0.6 is 11.3 Å². The van der Waals surface area contributed by atoms with E-state index in [0.717, 1.165) is 43.9 Å². The van der Waals surface area contributed by atoms with E-state index in [1.54, 1.807) is 13.4 Å². The van der Waals surface area contributed by atoms with Crippen LogP contribution in [-0.2, 0) is 26.4 Å². The Balaban J connectivity index is 1.26. The van der Waals surface area contributed by atoms with Gasteiger partial charge < -0.3 is 9.47 Å². The molecule has 5 rings (SSSR count). The van der Waals surface area contributed by atoms with Crippen molar-refractivity contribution in [2.75, 3.05) is 31.1 Å². The fourth-order valence-corrected chi connectivity index (χ4v) is 5.26. The summed E-state index contributed by atoms with van der Waals surface area (Å²) in [5, 5.41) is 1.96. The zero-order valence-electron chi connectivity index (χ0n) is 15.5. The third kappa shape index (κ3) is 3.15. The van der Waals surface area contributed by atoms with Gasteiger partial charge in [0.25, 0.3) is 5.56 Å². The predicted molar refractivity (Wildman–Crippen MR) is 109 cm³/mol. The average Bonchev–Trinajstić information content (AvgIpc) is 3.27. The zero-order valence-corrected chi connectivity index (χ0v) is 16.3. The van der Waals surface area contributed by atoms with Crippen LogP contribution in [0, 0.1) is 0 Å². The maximum absolute atomic E-state index is 12.2. The molecule has 3 heterocycles. The van der Waals surface area contributed by atoms with E-state index in [1.807, 2.05) is 29.5 Å². The molecular formula is C20H23N5OS. The molecule has 140 valence electrons. The average molecular weight is 382 g/mol. The smallest absolute Gasteiger partial charge is 0.260 e. The summed E-state index contributed by atoms with van der Waals surface area (Å²) >= 11 is 1.91. The second kappa shape index (κ2) is 6.73. The molecule has 0 atom stereocenters. The minimum Gasteiger partial charge on any atom is -0.369 e. The van der Waals surface area contributed by atoms with Crippen molar-refractivity contribution in [1.82, 2.24) is 19.4 Å². The van der Waals surface area contributed by atoms with Gasteiger partial charge in [-0.05, 0) is 37.5 Å². The van der Waals surface area contributed by atoms with Crippen molar-refractivity contribution >= 4 is 27.9 Å². The maximum Gasteiger partial charge on any atom is 0.260 e. The Labute approximate surface area is 162 Å². The number of aromatic nitrogens is 3. The van der Waals surface area contributed by atoms with Crippen LogP contribution in [0.1, 0.15) is 22.0 Å². The molecule has 0 saturated carbocycles. The van der Waals surface area contributed by atoms with Crippen molar-refractivity contribution in [1.29, 1.82) is 0 Å². The molecule has 0 unspecified atom stereocenters. The second-order valence-electron chi connectivity index (χ2n) is 7.46. The molecule has 2 aromatic heterocycles. The topological polar surface area (TPSA) is 54.3 Å². The van der Waals surface area contributed by atoms with Gasteiger partial charge in [-0.15, -0.1) is 11.3 Å². The van der Waals surface area contributed by atoms with Crippen LogP contribution in [0.2, 0.25) is 0 Å². The van der Waals surface area contributed by atoms with Gasteiger partial charge in [0.1, 0.15) is 5.01 Å². The van der Waals surface area contributed by atoms with E-state index in [9.17, 15) is 4.79 Å². The van der Waals surface area contributed by atoms with E-state index in [1.165, 1.54) is 39.4 Å². The van der Waals surface area contributed by atoms with Gasteiger partial charge in [-0.1, -0.05) is 0 Å². The quantitative estimate of drug-likeness (QED) is 0.696. The molecule has 1 aliphatic carbocycles. The summed E-state index contributed by atoms with van der Waals surface area (Å²) in [6.07, 6.45) is 5.26. The van der Waals surface area contributed by atoms with E-state index >= 15 is 0 Å². The van der Waals surface area contributed by atoms with E-state index < -0.39 is 0 Å². The van der Waals surface area contributed by atoms with E-state index in [0.29, 0.717) is 5.39 Å². The molecule has 7 heteroatoms. The van der Waals surface area contributed by atoms with Gasteiger partial charge in [0.05, 0.1) is 29.5 Å². The Bertz CT molecular complexity index is 1030. The number of benzene rings is 1. The fourth-order valence-electron chi connectivity index (χ4n) is 4.06. The largest absolute Gasteiger partial charge is 0.369 e. The van der Waals surface area contributed by atoms with Crippen LogP contribution in [0.4, 0.5) is 5.69 Å². The summed E-state index contributed by atoms with van der Waals surface area (Å²) in [4.78, 5) is 27.8. The minimum absolute atomic E-state index is 0.00622. The molecule has 2 aliphatic rings. The number of hydrogen-bond donors (Lipinski definition) is 0. The molecule has 1 aliphatic heterocycles. The number of aryl methyl sites for hydroxylation is 3. The lowest BCUT2D eigenvalue weighted by Crippen LogP contribution is -2.46. The molecule has 0 radical (unpaired) electrons. The van der Waals surface area contributed by atoms with Gasteiger partial charge in [-0.3, -0.25) is 9.69 Å². The molecule has 6 nitrogen and oxygen atoms in total. The third-order valence-electron chi connectivity index (χ3n) is 5.64. The number of anilines is 1. The van der Waals surface area contributed by atoms with E-state index in [4.69, 9.17) is 4.98 Å². The minimum atomic E-state index is 0.00622. The number of nitrogens with zero attached hydrogens (tertiary/aromatic N) is 5. The molecule has 1 fully saturated rings. The highest BCUT2D eigenvalue weighted by Gasteiger charge is 2.21. The second-order valence-corrected chi connectivity index (χ2v) is 8.62. The van der Waals surface area contributed by atoms with Gasteiger partial charge in [-0.2, -0.15) is 0 Å². The fraction of sp³-hybridized carbons (Fsp3) is 0.450. The lowest BCUT2D eigenvalue weighted by molar-refractivity contribution is 0.249. The Morgan fingerprint density at radius 3 is 2.81 bits per heavy atom. The maximum atomic E-state index is 12.2. The number of thiazole rings is 1. The molecule has 0 amide bonds. The van der Waals surface area contributed by atoms with Crippen molar-refractivity contribution in [2.45, 2.75) is 25.8 Å². The molecule has 0 bridgehead atoms. The SMILES string of the molecule is Cn1cnc2cc(N3CCN(Cc4nc5c(s4)CCC5)CC3)ccc2c1=O. The highest BCUT2D eigenvalue weighted by atomic mass is 32.1. The molecule has 1 saturated heterocycles. The van der Waals surface area contributed by atoms with Crippen molar-refractivity contribution in [3.05, 3.63) is 50.5 Å². The Hall–Kier alpha value is -2.25. The van der Waals surface area contributed by atoms with Crippen LogP contribution in [0.3, 0.4) is 0 Å². The normalized spacial score (nSPS) is 17.6. The number of piperazine rings is 1. The molecule has 0 spiro atoms. The van der Waals surface area contributed by atoms with Gasteiger partial charge >= 0.3 is 0 Å². The third-order valence-corrected chi connectivity index (χ3v) is 6.78. The van der Waals surface area contributed by atoms with Crippen molar-refractivity contribution in [3.8, 4) is 0 Å². The molecule has 0 N–H and O–H groups in total. The predicted octanol–water partition coefficient (Wildman–Crippen LogP) is 2.20. The highest BCUT2D eigenvalue weighted by Crippen LogP contribution is 2.28. The lowest BCUT2D eigenvalue weighted by Gasteiger charge is -2.35. The first-order valence-electron chi connectivity index (χ1n) is 9.57. The van der Waals surface area contributed by atoms with Crippen LogP contribution in [0.15, 0.2) is 29.3 Å². The molecule has 1 aromatic carbocycles. The number of hydrogen-bond acceptors (Lipinski definition) is 6. The Kier molecular flexibility index (Phi) is 4.21. The Morgan fingerprint density at radius 1 is 1.15 bits per heavy atom. The molecular weight excluding hydrogens is 358 g/mol. The lowest BCUT2D eigenvalue weighted by atomic mass is 10.2. The standard InChI is InChI=1S/C20H23N5OS/c1-23-13-21-17-11-14(5-6-15(17)20(23)26)25-9-7-24(8-10-25)12-19-22-16-3-2-4-18(16)27-19/h5-6,11,13H,2-4,7-10,12H2,1H3. The van der Waals surface area contributed by atoms with Crippen LogP contribution in [0.25, 0.3) is 10.9 Å². The van der Waals surface area contributed by atoms with Gasteiger partial charge in [0.15, 0.2) is 0 Å². The summed E-state index contributed by atoms with van der Waals surface area (Å²) in [5.41, 5.74) is 3.28. The number of rotatable bonds is 3. The van der Waals surface area contributed by atoms with E-state index in [-0.39, 0.29) is 5.56 Å². The summed E-state index contributed by atoms with van der Waals surface area (Å²) in [6.45, 7) is 5.02. The van der Waals surface area contributed by atoms with E-state index in [2.05, 4.69) is 14.8 Å². The number of fused-ring (bicyclic) bond motifs is 2. The first kappa shape index (κ1) is 16.9. The molecule has 3 aromatic rings. The van der Waals surface area contributed by atoms with Crippen molar-refractivity contribution in [3.63, 3.8) is 0 Å². The summed E-state index contributed by atoms with van der Waals surface area (Å²) in [5.74, 6) is 0. The zero-order chi connectivity index (χ0) is 18.4. The highest BCUT2D eigenvalue weighted by molar-refractivity contribution is 7.11. The Morgan fingerprint density at radius 2 is 2.00 bits per heavy atom. The van der Waals surface area contributed by atoms with Crippen molar-refractivity contribution in [2.24, 2.45) is 7.05 Å². The first-order valence-corrected chi connectivity index (χ1v) is 10.4. The van der Waals surface area contributed by atoms with Gasteiger partial charge in [0, 0.05) is 43.8 Å². The monoisotopic (exact) mass is 381 g/mol. The summed E-state index contributed by atoms with van der Waals surface area (Å²) in [7, 11) is 1.74. The van der Waals surface area contributed by atoms with Crippen LogP contribution in [0.5, 0.6) is 0 Å². The van der Waals surface area contributed by atoms with Crippen LogP contribution in [-0.4, -0.2) is 45.6 Å². The van der Waals surface area contributed by atoms with Crippen molar-refractivity contribution < 1.29 is 0 Å². The summed E-state index contributed by atoms with van der Waals surface area (Å²) in [6, 6.07) is 5.99. The van der Waals surface area contributed by atoms with Gasteiger partial charge in [-0.25, -0.2) is 9.97 Å². The first-order chi connectivity index (χ1) is 13.2. The molecule has 27 heavy (non-hydrogen) atoms. The summed E-state index contributed by atoms with van der Waals surface area (Å²) < 4.78 is 1.52. The van der Waals surface area contributed by atoms with Gasteiger partial charge in [0.2, 0.25) is 0 Å². The van der Waals surface area contributed by atoms with Crippen LogP contribution < -0.4 is 10.5 Å².